The van der Waals surface area contributed by atoms with Gasteiger partial charge in [0.1, 0.15) is 12.4 Å². The van der Waals surface area contributed by atoms with Crippen LogP contribution < -0.4 is 10.5 Å². The molecule has 0 bridgehead atoms. The lowest BCUT2D eigenvalue weighted by Crippen LogP contribution is -2.06. The number of hydrogen-bond acceptors (Lipinski definition) is 3. The second-order valence-corrected chi connectivity index (χ2v) is 7.00. The van der Waals surface area contributed by atoms with Gasteiger partial charge in [0.25, 0.3) is 0 Å². The van der Waals surface area contributed by atoms with Gasteiger partial charge in [0.15, 0.2) is 0 Å². The van der Waals surface area contributed by atoms with Crippen LogP contribution in [-0.4, -0.2) is 6.54 Å². The van der Waals surface area contributed by atoms with E-state index >= 15 is 0 Å². The SMILES string of the molecule is Cc1cc(Br)cc(CCN)c1OCc1sccc1Br. The van der Waals surface area contributed by atoms with E-state index in [9.17, 15) is 0 Å². The minimum absolute atomic E-state index is 0.582. The summed E-state index contributed by atoms with van der Waals surface area (Å²) < 4.78 is 8.18. The molecule has 2 N–H and O–H groups in total. The molecule has 19 heavy (non-hydrogen) atoms. The number of rotatable bonds is 5. The zero-order chi connectivity index (χ0) is 13.8. The summed E-state index contributed by atoms with van der Waals surface area (Å²) in [5.74, 6) is 0.953. The summed E-state index contributed by atoms with van der Waals surface area (Å²) in [5.41, 5.74) is 7.95. The second-order valence-electron chi connectivity index (χ2n) is 4.23. The van der Waals surface area contributed by atoms with Crippen LogP contribution in [-0.2, 0) is 13.0 Å². The standard InChI is InChI=1S/C14H15Br2NOS/c1-9-6-11(15)7-10(2-4-17)14(9)18-8-13-12(16)3-5-19-13/h3,5-7H,2,4,8,17H2,1H3. The van der Waals surface area contributed by atoms with Crippen molar-refractivity contribution < 1.29 is 4.74 Å². The van der Waals surface area contributed by atoms with Gasteiger partial charge in [-0.05, 0) is 70.5 Å². The van der Waals surface area contributed by atoms with Gasteiger partial charge in [-0.3, -0.25) is 0 Å². The summed E-state index contributed by atoms with van der Waals surface area (Å²) in [7, 11) is 0. The van der Waals surface area contributed by atoms with Crippen LogP contribution in [0.4, 0.5) is 0 Å². The number of aryl methyl sites for hydroxylation is 1. The first-order chi connectivity index (χ1) is 9.11. The van der Waals surface area contributed by atoms with Crippen LogP contribution in [0.25, 0.3) is 0 Å². The molecule has 0 saturated heterocycles. The topological polar surface area (TPSA) is 35.2 Å². The number of ether oxygens (including phenoxy) is 1. The number of benzene rings is 1. The number of hydrogen-bond donors (Lipinski definition) is 1. The van der Waals surface area contributed by atoms with Crippen LogP contribution in [0.2, 0.25) is 0 Å². The van der Waals surface area contributed by atoms with Crippen LogP contribution >= 0.6 is 43.2 Å². The van der Waals surface area contributed by atoms with Crippen molar-refractivity contribution in [2.45, 2.75) is 20.0 Å². The third kappa shape index (κ3) is 3.81. The molecular formula is C14H15Br2NOS. The highest BCUT2D eigenvalue weighted by atomic mass is 79.9. The molecule has 0 unspecified atom stereocenters. The quantitative estimate of drug-likeness (QED) is 0.786. The van der Waals surface area contributed by atoms with Crippen molar-refractivity contribution >= 4 is 43.2 Å². The lowest BCUT2D eigenvalue weighted by molar-refractivity contribution is 0.303. The van der Waals surface area contributed by atoms with Crippen LogP contribution in [0.5, 0.6) is 5.75 Å². The van der Waals surface area contributed by atoms with E-state index in [4.69, 9.17) is 10.5 Å². The largest absolute Gasteiger partial charge is 0.487 e. The van der Waals surface area contributed by atoms with Gasteiger partial charge in [0, 0.05) is 8.95 Å². The maximum Gasteiger partial charge on any atom is 0.126 e. The molecule has 0 saturated carbocycles. The number of nitrogens with two attached hydrogens (primary N) is 1. The molecule has 1 aromatic carbocycles. The minimum Gasteiger partial charge on any atom is -0.487 e. The average Bonchev–Trinajstić information content (AvgIpc) is 2.74. The summed E-state index contributed by atoms with van der Waals surface area (Å²) in [6.07, 6.45) is 0.821. The van der Waals surface area contributed by atoms with Crippen molar-refractivity contribution in [3.63, 3.8) is 0 Å². The molecule has 0 fully saturated rings. The second kappa shape index (κ2) is 6.88. The fraction of sp³-hybridized carbons (Fsp3) is 0.286. The summed E-state index contributed by atoms with van der Waals surface area (Å²) in [4.78, 5) is 1.20. The van der Waals surface area contributed by atoms with Crippen LogP contribution in [0, 0.1) is 6.92 Å². The highest BCUT2D eigenvalue weighted by molar-refractivity contribution is 9.10. The van der Waals surface area contributed by atoms with Crippen molar-refractivity contribution in [1.82, 2.24) is 0 Å². The van der Waals surface area contributed by atoms with Crippen LogP contribution in [0.15, 0.2) is 32.5 Å². The normalized spacial score (nSPS) is 10.7. The van der Waals surface area contributed by atoms with Crippen LogP contribution in [0.1, 0.15) is 16.0 Å². The van der Waals surface area contributed by atoms with Gasteiger partial charge in [0.2, 0.25) is 0 Å². The molecule has 0 spiro atoms. The Morgan fingerprint density at radius 1 is 1.32 bits per heavy atom. The van der Waals surface area contributed by atoms with Crippen LogP contribution in [0.3, 0.4) is 0 Å². The molecular weight excluding hydrogens is 390 g/mol. The van der Waals surface area contributed by atoms with E-state index < -0.39 is 0 Å². The van der Waals surface area contributed by atoms with E-state index in [0.717, 1.165) is 32.2 Å². The molecule has 0 aliphatic rings. The Labute approximate surface area is 134 Å². The molecule has 2 aromatic rings. The molecule has 1 heterocycles. The molecule has 2 rings (SSSR count). The van der Waals surface area contributed by atoms with E-state index in [1.165, 1.54) is 4.88 Å². The fourth-order valence-corrected chi connectivity index (χ4v) is 3.91. The summed E-state index contributed by atoms with van der Waals surface area (Å²) in [6, 6.07) is 6.19. The van der Waals surface area contributed by atoms with Gasteiger partial charge in [0.05, 0.1) is 4.88 Å². The van der Waals surface area contributed by atoms with Crippen molar-refractivity contribution in [2.75, 3.05) is 6.54 Å². The van der Waals surface area contributed by atoms with Gasteiger partial charge in [-0.2, -0.15) is 0 Å². The maximum atomic E-state index is 6.00. The Kier molecular flexibility index (Phi) is 5.45. The first-order valence-corrected chi connectivity index (χ1v) is 8.42. The maximum absolute atomic E-state index is 6.00. The Morgan fingerprint density at radius 2 is 2.11 bits per heavy atom. The lowest BCUT2D eigenvalue weighted by atomic mass is 10.1. The van der Waals surface area contributed by atoms with Gasteiger partial charge in [-0.15, -0.1) is 11.3 Å². The van der Waals surface area contributed by atoms with Crippen molar-refractivity contribution in [3.05, 3.63) is 48.5 Å². The molecule has 1 aromatic heterocycles. The third-order valence-electron chi connectivity index (χ3n) is 2.77. The predicted octanol–water partition coefficient (Wildman–Crippen LogP) is 4.66. The van der Waals surface area contributed by atoms with E-state index in [1.807, 2.05) is 6.07 Å². The van der Waals surface area contributed by atoms with Gasteiger partial charge in [-0.25, -0.2) is 0 Å². The van der Waals surface area contributed by atoms with Crippen molar-refractivity contribution in [2.24, 2.45) is 5.73 Å². The number of halogens is 2. The van der Waals surface area contributed by atoms with Crippen molar-refractivity contribution in [3.8, 4) is 5.75 Å². The molecule has 0 amide bonds. The molecule has 0 atom stereocenters. The Balaban J connectivity index is 2.21. The van der Waals surface area contributed by atoms with E-state index in [1.54, 1.807) is 11.3 Å². The first kappa shape index (κ1) is 15.0. The smallest absolute Gasteiger partial charge is 0.126 e. The lowest BCUT2D eigenvalue weighted by Gasteiger charge is -2.14. The average molecular weight is 405 g/mol. The molecule has 102 valence electrons. The summed E-state index contributed by atoms with van der Waals surface area (Å²) in [6.45, 7) is 3.26. The van der Waals surface area contributed by atoms with E-state index in [0.29, 0.717) is 13.2 Å². The predicted molar refractivity (Wildman–Crippen MR) is 88.0 cm³/mol. The van der Waals surface area contributed by atoms with Gasteiger partial charge < -0.3 is 10.5 Å². The van der Waals surface area contributed by atoms with E-state index in [-0.39, 0.29) is 0 Å². The Bertz CT molecular complexity index is 569. The Hall–Kier alpha value is -0.360. The van der Waals surface area contributed by atoms with E-state index in [2.05, 4.69) is 56.3 Å². The third-order valence-corrected chi connectivity index (χ3v) is 5.13. The minimum atomic E-state index is 0.582. The monoisotopic (exact) mass is 403 g/mol. The van der Waals surface area contributed by atoms with Gasteiger partial charge >= 0.3 is 0 Å². The molecule has 0 radical (unpaired) electrons. The highest BCUT2D eigenvalue weighted by Gasteiger charge is 2.10. The summed E-state index contributed by atoms with van der Waals surface area (Å²) in [5, 5.41) is 2.05. The molecule has 2 nitrogen and oxygen atoms in total. The first-order valence-electron chi connectivity index (χ1n) is 5.95. The zero-order valence-electron chi connectivity index (χ0n) is 10.6. The summed E-state index contributed by atoms with van der Waals surface area (Å²) >= 11 is 8.73. The van der Waals surface area contributed by atoms with Gasteiger partial charge in [-0.1, -0.05) is 15.9 Å². The number of thiophene rings is 1. The Morgan fingerprint density at radius 3 is 2.74 bits per heavy atom. The van der Waals surface area contributed by atoms with Crippen molar-refractivity contribution in [1.29, 1.82) is 0 Å². The molecule has 5 heteroatoms. The highest BCUT2D eigenvalue weighted by Crippen LogP contribution is 2.31. The zero-order valence-corrected chi connectivity index (χ0v) is 14.6. The molecule has 0 aliphatic carbocycles. The fourth-order valence-electron chi connectivity index (χ4n) is 1.91. The molecule has 0 aliphatic heterocycles.